The number of nitrogen functional groups attached to an aromatic ring is 1. The number of halogens is 1. The molecular formula is C13H17BrN4O. The second-order valence-corrected chi connectivity index (χ2v) is 5.07. The van der Waals surface area contributed by atoms with Crippen LogP contribution in [0, 0.1) is 0 Å². The van der Waals surface area contributed by atoms with Crippen LogP contribution in [0.4, 0.5) is 17.2 Å². The number of nitrogens with zero attached hydrogens (tertiary/aromatic N) is 2. The van der Waals surface area contributed by atoms with Crippen molar-refractivity contribution in [1.29, 1.82) is 0 Å². The highest BCUT2D eigenvalue weighted by atomic mass is 79.9. The van der Waals surface area contributed by atoms with Crippen LogP contribution < -0.4 is 15.8 Å². The van der Waals surface area contributed by atoms with E-state index in [9.17, 15) is 0 Å². The molecule has 0 spiro atoms. The van der Waals surface area contributed by atoms with Gasteiger partial charge in [-0.2, -0.15) is 5.10 Å². The Kier molecular flexibility index (Phi) is 3.99. The topological polar surface area (TPSA) is 65.1 Å². The van der Waals surface area contributed by atoms with Gasteiger partial charge in [-0.3, -0.25) is 4.68 Å². The zero-order valence-corrected chi connectivity index (χ0v) is 12.8. The number of nitrogens with two attached hydrogens (primary N) is 1. The first-order chi connectivity index (χ1) is 9.06. The maximum Gasteiger partial charge on any atom is 0.152 e. The van der Waals surface area contributed by atoms with Crippen LogP contribution in [-0.4, -0.2) is 16.9 Å². The Labute approximate surface area is 120 Å². The third-order valence-corrected chi connectivity index (χ3v) is 3.40. The van der Waals surface area contributed by atoms with Gasteiger partial charge >= 0.3 is 0 Å². The minimum Gasteiger partial charge on any atom is -0.495 e. The normalized spacial score (nSPS) is 10.5. The van der Waals surface area contributed by atoms with E-state index in [4.69, 9.17) is 10.5 Å². The molecule has 0 aliphatic rings. The van der Waals surface area contributed by atoms with Crippen LogP contribution in [0.15, 0.2) is 22.7 Å². The highest BCUT2D eigenvalue weighted by molar-refractivity contribution is 9.10. The van der Waals surface area contributed by atoms with Gasteiger partial charge in [-0.15, -0.1) is 0 Å². The van der Waals surface area contributed by atoms with E-state index in [0.29, 0.717) is 5.69 Å². The van der Waals surface area contributed by atoms with Crippen LogP contribution in [0.2, 0.25) is 0 Å². The predicted octanol–water partition coefficient (Wildman–Crippen LogP) is 3.08. The molecule has 0 aliphatic carbocycles. The van der Waals surface area contributed by atoms with Crippen LogP contribution in [0.5, 0.6) is 5.75 Å². The van der Waals surface area contributed by atoms with Crippen molar-refractivity contribution >= 4 is 33.1 Å². The fraction of sp³-hybridized carbons (Fsp3) is 0.308. The van der Waals surface area contributed by atoms with Gasteiger partial charge in [-0.25, -0.2) is 0 Å². The Morgan fingerprint density at radius 2 is 2.21 bits per heavy atom. The highest BCUT2D eigenvalue weighted by Crippen LogP contribution is 2.33. The lowest BCUT2D eigenvalue weighted by molar-refractivity contribution is 0.416. The highest BCUT2D eigenvalue weighted by Gasteiger charge is 2.14. The summed E-state index contributed by atoms with van der Waals surface area (Å²) in [5.41, 5.74) is 8.50. The molecule has 1 aromatic carbocycles. The molecule has 1 heterocycles. The Morgan fingerprint density at radius 3 is 2.79 bits per heavy atom. The molecule has 2 aromatic rings. The van der Waals surface area contributed by atoms with Crippen LogP contribution in [0.1, 0.15) is 12.6 Å². The lowest BCUT2D eigenvalue weighted by Gasteiger charge is -2.12. The third kappa shape index (κ3) is 2.68. The molecule has 2 rings (SSSR count). The summed E-state index contributed by atoms with van der Waals surface area (Å²) >= 11 is 3.45. The van der Waals surface area contributed by atoms with E-state index >= 15 is 0 Å². The minimum absolute atomic E-state index is 0.673. The van der Waals surface area contributed by atoms with Crippen LogP contribution in [0.3, 0.4) is 0 Å². The molecule has 0 amide bonds. The number of benzene rings is 1. The first-order valence-corrected chi connectivity index (χ1v) is 6.78. The van der Waals surface area contributed by atoms with Crippen molar-refractivity contribution in [2.24, 2.45) is 7.05 Å². The first-order valence-electron chi connectivity index (χ1n) is 5.98. The molecule has 102 valence electrons. The quantitative estimate of drug-likeness (QED) is 0.907. The van der Waals surface area contributed by atoms with E-state index in [0.717, 1.165) is 33.8 Å². The first kappa shape index (κ1) is 13.7. The Balaban J connectivity index is 2.41. The van der Waals surface area contributed by atoms with Crippen molar-refractivity contribution in [3.8, 4) is 5.75 Å². The fourth-order valence-electron chi connectivity index (χ4n) is 1.91. The summed E-state index contributed by atoms with van der Waals surface area (Å²) in [5, 5.41) is 7.66. The third-order valence-electron chi connectivity index (χ3n) is 2.91. The van der Waals surface area contributed by atoms with Crippen LogP contribution >= 0.6 is 15.9 Å². The van der Waals surface area contributed by atoms with Gasteiger partial charge in [0.05, 0.1) is 24.2 Å². The molecule has 0 unspecified atom stereocenters. The van der Waals surface area contributed by atoms with Gasteiger partial charge in [-0.05, 0) is 24.6 Å². The largest absolute Gasteiger partial charge is 0.495 e. The number of nitrogens with one attached hydrogen (secondary N) is 1. The standard InChI is InChI=1S/C13H17BrN4O/c1-4-9-12(15)13(18(2)17-9)16-10-7-8(14)5-6-11(10)19-3/h5-7,16H,4,15H2,1-3H3. The van der Waals surface area contributed by atoms with E-state index in [1.54, 1.807) is 11.8 Å². The molecular weight excluding hydrogens is 308 g/mol. The Hall–Kier alpha value is -1.69. The second-order valence-electron chi connectivity index (χ2n) is 4.16. The summed E-state index contributed by atoms with van der Waals surface area (Å²) in [6, 6.07) is 5.75. The van der Waals surface area contributed by atoms with Crippen molar-refractivity contribution in [2.45, 2.75) is 13.3 Å². The number of anilines is 3. The van der Waals surface area contributed by atoms with Crippen molar-refractivity contribution in [3.05, 3.63) is 28.4 Å². The molecule has 0 aliphatic heterocycles. The van der Waals surface area contributed by atoms with Crippen LogP contribution in [0.25, 0.3) is 0 Å². The van der Waals surface area contributed by atoms with Gasteiger partial charge in [0.25, 0.3) is 0 Å². The molecule has 0 atom stereocenters. The molecule has 0 bridgehead atoms. The van der Waals surface area contributed by atoms with E-state index in [1.165, 1.54) is 0 Å². The number of hydrogen-bond acceptors (Lipinski definition) is 4. The SMILES string of the molecule is CCc1nn(C)c(Nc2cc(Br)ccc2OC)c1N. The number of hydrogen-bond donors (Lipinski definition) is 2. The summed E-state index contributed by atoms with van der Waals surface area (Å²) in [4.78, 5) is 0. The molecule has 6 heteroatoms. The minimum atomic E-state index is 0.673. The summed E-state index contributed by atoms with van der Waals surface area (Å²) in [6.07, 6.45) is 0.803. The van der Waals surface area contributed by atoms with Gasteiger partial charge in [0.2, 0.25) is 0 Å². The molecule has 0 radical (unpaired) electrons. The van der Waals surface area contributed by atoms with Crippen molar-refractivity contribution in [2.75, 3.05) is 18.2 Å². The number of aryl methyl sites for hydroxylation is 2. The van der Waals surface area contributed by atoms with E-state index in [-0.39, 0.29) is 0 Å². The van der Waals surface area contributed by atoms with Crippen molar-refractivity contribution in [3.63, 3.8) is 0 Å². The molecule has 19 heavy (non-hydrogen) atoms. The number of rotatable bonds is 4. The molecule has 0 saturated carbocycles. The average Bonchev–Trinajstić information content (AvgIpc) is 2.66. The van der Waals surface area contributed by atoms with E-state index in [2.05, 4.69) is 26.3 Å². The fourth-order valence-corrected chi connectivity index (χ4v) is 2.27. The van der Waals surface area contributed by atoms with Crippen LogP contribution in [-0.2, 0) is 13.5 Å². The lowest BCUT2D eigenvalue weighted by Crippen LogP contribution is -2.02. The number of aromatic nitrogens is 2. The summed E-state index contributed by atoms with van der Waals surface area (Å²) in [6.45, 7) is 2.03. The lowest BCUT2D eigenvalue weighted by atomic mass is 10.2. The summed E-state index contributed by atoms with van der Waals surface area (Å²) in [7, 11) is 3.50. The Morgan fingerprint density at radius 1 is 1.47 bits per heavy atom. The molecule has 1 aromatic heterocycles. The summed E-state index contributed by atoms with van der Waals surface area (Å²) in [5.74, 6) is 1.52. The molecule has 0 fully saturated rings. The van der Waals surface area contributed by atoms with Crippen molar-refractivity contribution < 1.29 is 4.74 Å². The van der Waals surface area contributed by atoms with Gasteiger partial charge < -0.3 is 15.8 Å². The molecule has 0 saturated heterocycles. The second kappa shape index (κ2) is 5.52. The van der Waals surface area contributed by atoms with Gasteiger partial charge in [-0.1, -0.05) is 22.9 Å². The molecule has 3 N–H and O–H groups in total. The average molecular weight is 325 g/mol. The predicted molar refractivity (Wildman–Crippen MR) is 81.0 cm³/mol. The van der Waals surface area contributed by atoms with Crippen molar-refractivity contribution in [1.82, 2.24) is 9.78 Å². The monoisotopic (exact) mass is 324 g/mol. The zero-order valence-electron chi connectivity index (χ0n) is 11.2. The van der Waals surface area contributed by atoms with Gasteiger partial charge in [0.15, 0.2) is 5.82 Å². The maximum atomic E-state index is 6.09. The zero-order chi connectivity index (χ0) is 14.0. The smallest absolute Gasteiger partial charge is 0.152 e. The van der Waals surface area contributed by atoms with E-state index < -0.39 is 0 Å². The van der Waals surface area contributed by atoms with E-state index in [1.807, 2.05) is 32.2 Å². The molecule has 5 nitrogen and oxygen atoms in total. The Bertz CT molecular complexity index is 595. The summed E-state index contributed by atoms with van der Waals surface area (Å²) < 4.78 is 8.04. The van der Waals surface area contributed by atoms with Gasteiger partial charge in [0, 0.05) is 11.5 Å². The van der Waals surface area contributed by atoms with Gasteiger partial charge in [0.1, 0.15) is 5.75 Å². The number of ether oxygens (including phenoxy) is 1. The maximum absolute atomic E-state index is 6.09. The number of methoxy groups -OCH3 is 1.